The molecule has 0 atom stereocenters. The lowest BCUT2D eigenvalue weighted by Gasteiger charge is -2.15. The summed E-state index contributed by atoms with van der Waals surface area (Å²) in [5, 5.41) is 13.8. The minimum absolute atomic E-state index is 0.269. The Kier molecular flexibility index (Phi) is 5.49. The van der Waals surface area contributed by atoms with Crippen molar-refractivity contribution in [3.63, 3.8) is 0 Å². The number of nitrogens with zero attached hydrogens (tertiary/aromatic N) is 3. The Balaban J connectivity index is 2.40. The molecule has 0 saturated carbocycles. The average molecular weight is 416 g/mol. The van der Waals surface area contributed by atoms with Crippen molar-refractivity contribution in [2.45, 2.75) is 20.0 Å². The molecular weight excluding hydrogens is 398 g/mol. The van der Waals surface area contributed by atoms with Gasteiger partial charge in [0.25, 0.3) is 0 Å². The molecular formula is C19H18BrN3O3. The molecule has 7 heteroatoms. The number of hydrogen-bond acceptors (Lipinski definition) is 4. The van der Waals surface area contributed by atoms with Gasteiger partial charge < -0.3 is 9.84 Å². The number of ether oxygens (including phenoxy) is 1. The maximum atomic E-state index is 11.1. The molecule has 0 amide bonds. The van der Waals surface area contributed by atoms with Crippen LogP contribution < -0.4 is 0 Å². The van der Waals surface area contributed by atoms with Crippen molar-refractivity contribution in [1.82, 2.24) is 14.6 Å². The van der Waals surface area contributed by atoms with E-state index in [9.17, 15) is 4.79 Å². The Labute approximate surface area is 159 Å². The molecule has 1 N–H and O–H groups in total. The summed E-state index contributed by atoms with van der Waals surface area (Å²) in [5.41, 5.74) is 5.08. The number of carboxylic acid groups (broad SMARTS) is 1. The van der Waals surface area contributed by atoms with Crippen LogP contribution in [0.1, 0.15) is 23.9 Å². The van der Waals surface area contributed by atoms with Crippen LogP contribution in [0.15, 0.2) is 41.1 Å². The second kappa shape index (κ2) is 7.80. The molecule has 3 heterocycles. The number of carbonyl (C=O) groups is 1. The number of pyridine rings is 1. The topological polar surface area (TPSA) is 76.7 Å². The van der Waals surface area contributed by atoms with Gasteiger partial charge in [0.2, 0.25) is 0 Å². The normalized spacial score (nSPS) is 11.5. The molecule has 0 fully saturated rings. The quantitative estimate of drug-likeness (QED) is 0.616. The Morgan fingerprint density at radius 3 is 2.85 bits per heavy atom. The van der Waals surface area contributed by atoms with Crippen LogP contribution in [-0.2, 0) is 22.6 Å². The summed E-state index contributed by atoms with van der Waals surface area (Å²) in [7, 11) is 1.59. The highest BCUT2D eigenvalue weighted by Gasteiger charge is 2.18. The molecule has 0 saturated heterocycles. The van der Waals surface area contributed by atoms with Crippen molar-refractivity contribution in [1.29, 1.82) is 0 Å². The first-order valence-electron chi connectivity index (χ1n) is 8.09. The highest BCUT2D eigenvalue weighted by Crippen LogP contribution is 2.33. The lowest BCUT2D eigenvalue weighted by atomic mass is 9.99. The number of methoxy groups -OCH3 is 1. The number of fused-ring (bicyclic) bond motifs is 1. The van der Waals surface area contributed by atoms with Gasteiger partial charge in [0.1, 0.15) is 0 Å². The maximum absolute atomic E-state index is 11.1. The molecule has 0 aromatic carbocycles. The van der Waals surface area contributed by atoms with Gasteiger partial charge in [-0.15, -0.1) is 0 Å². The van der Waals surface area contributed by atoms with Crippen LogP contribution in [0.5, 0.6) is 0 Å². The molecule has 3 rings (SSSR count). The smallest absolute Gasteiger partial charge is 0.328 e. The van der Waals surface area contributed by atoms with Gasteiger partial charge in [-0.25, -0.2) is 9.31 Å². The van der Waals surface area contributed by atoms with Crippen LogP contribution in [0.3, 0.4) is 0 Å². The van der Waals surface area contributed by atoms with Gasteiger partial charge in [0, 0.05) is 52.4 Å². The molecule has 0 unspecified atom stereocenters. The molecule has 26 heavy (non-hydrogen) atoms. The summed E-state index contributed by atoms with van der Waals surface area (Å²) in [5.74, 6) is -1.02. The summed E-state index contributed by atoms with van der Waals surface area (Å²) in [6.07, 6.45) is 6.98. The van der Waals surface area contributed by atoms with Crippen LogP contribution in [-0.4, -0.2) is 32.8 Å². The van der Waals surface area contributed by atoms with E-state index < -0.39 is 5.97 Å². The fourth-order valence-electron chi connectivity index (χ4n) is 2.93. The highest BCUT2D eigenvalue weighted by atomic mass is 79.9. The third-order valence-corrected chi connectivity index (χ3v) is 4.45. The number of aromatic nitrogens is 3. The van der Waals surface area contributed by atoms with Crippen molar-refractivity contribution in [3.05, 3.63) is 58.1 Å². The Morgan fingerprint density at radius 2 is 2.19 bits per heavy atom. The predicted molar refractivity (Wildman–Crippen MR) is 103 cm³/mol. The summed E-state index contributed by atoms with van der Waals surface area (Å²) >= 11 is 3.46. The second-order valence-electron chi connectivity index (χ2n) is 5.71. The SMILES string of the molecule is CCc1ccc2c(-c3cncc(Br)c3)c(/C=C/C(=O)O)c(COC)nn12. The van der Waals surface area contributed by atoms with Crippen molar-refractivity contribution in [2.24, 2.45) is 0 Å². The van der Waals surface area contributed by atoms with E-state index in [2.05, 4.69) is 27.8 Å². The van der Waals surface area contributed by atoms with Crippen LogP contribution in [0, 0.1) is 0 Å². The van der Waals surface area contributed by atoms with Crippen molar-refractivity contribution in [3.8, 4) is 11.1 Å². The monoisotopic (exact) mass is 415 g/mol. The molecule has 0 spiro atoms. The van der Waals surface area contributed by atoms with E-state index in [1.54, 1.807) is 25.6 Å². The number of rotatable bonds is 6. The van der Waals surface area contributed by atoms with Crippen LogP contribution in [0.25, 0.3) is 22.7 Å². The first-order chi connectivity index (χ1) is 12.5. The van der Waals surface area contributed by atoms with Crippen molar-refractivity contribution >= 4 is 33.5 Å². The summed E-state index contributed by atoms with van der Waals surface area (Å²) in [6, 6.07) is 5.98. The van der Waals surface area contributed by atoms with E-state index in [-0.39, 0.29) is 6.61 Å². The van der Waals surface area contributed by atoms with Gasteiger partial charge >= 0.3 is 5.97 Å². The Bertz CT molecular complexity index is 995. The third-order valence-electron chi connectivity index (χ3n) is 4.02. The number of aliphatic carboxylic acids is 1. The molecule has 6 nitrogen and oxygen atoms in total. The summed E-state index contributed by atoms with van der Waals surface area (Å²) in [4.78, 5) is 15.4. The summed E-state index contributed by atoms with van der Waals surface area (Å²) < 4.78 is 8.04. The van der Waals surface area contributed by atoms with Gasteiger partial charge in [-0.1, -0.05) is 6.92 Å². The fraction of sp³-hybridized carbons (Fsp3) is 0.211. The largest absolute Gasteiger partial charge is 0.478 e. The Hall–Kier alpha value is -2.51. The lowest BCUT2D eigenvalue weighted by molar-refractivity contribution is -0.131. The van der Waals surface area contributed by atoms with E-state index in [0.717, 1.165) is 39.3 Å². The minimum atomic E-state index is -1.02. The zero-order chi connectivity index (χ0) is 18.7. The second-order valence-corrected chi connectivity index (χ2v) is 6.62. The number of aryl methyl sites for hydroxylation is 1. The maximum Gasteiger partial charge on any atom is 0.328 e. The highest BCUT2D eigenvalue weighted by molar-refractivity contribution is 9.10. The van der Waals surface area contributed by atoms with Crippen LogP contribution in [0.2, 0.25) is 0 Å². The standard InChI is InChI=1S/C19H18BrN3O3/c1-3-14-4-6-17-19(12-8-13(20)10-21-9-12)15(5-7-18(24)25)16(11-26-2)22-23(14)17/h4-10H,3,11H2,1-2H3,(H,24,25)/b7-5+. The molecule has 3 aromatic heterocycles. The number of carboxylic acids is 1. The number of halogens is 1. The van der Waals surface area contributed by atoms with Gasteiger partial charge in [-0.3, -0.25) is 4.98 Å². The number of hydrogen-bond donors (Lipinski definition) is 1. The van der Waals surface area contributed by atoms with E-state index in [0.29, 0.717) is 11.3 Å². The molecule has 3 aromatic rings. The Morgan fingerprint density at radius 1 is 1.38 bits per heavy atom. The van der Waals surface area contributed by atoms with Gasteiger partial charge in [0.05, 0.1) is 17.8 Å². The van der Waals surface area contributed by atoms with E-state index in [4.69, 9.17) is 14.9 Å². The van der Waals surface area contributed by atoms with Gasteiger partial charge in [0.15, 0.2) is 0 Å². The molecule has 0 radical (unpaired) electrons. The predicted octanol–water partition coefficient (Wildman–Crippen LogP) is 3.97. The zero-order valence-electron chi connectivity index (χ0n) is 14.4. The first kappa shape index (κ1) is 18.3. The molecule has 0 aliphatic heterocycles. The van der Waals surface area contributed by atoms with Crippen LogP contribution >= 0.6 is 15.9 Å². The lowest BCUT2D eigenvalue weighted by Crippen LogP contribution is -2.07. The van der Waals surface area contributed by atoms with E-state index >= 15 is 0 Å². The van der Waals surface area contributed by atoms with Gasteiger partial charge in [-0.2, -0.15) is 5.10 Å². The third kappa shape index (κ3) is 3.54. The van der Waals surface area contributed by atoms with Crippen molar-refractivity contribution in [2.75, 3.05) is 7.11 Å². The average Bonchev–Trinajstić information content (AvgIpc) is 3.02. The van der Waals surface area contributed by atoms with Crippen LogP contribution in [0.4, 0.5) is 0 Å². The fourth-order valence-corrected chi connectivity index (χ4v) is 3.30. The first-order valence-corrected chi connectivity index (χ1v) is 8.88. The van der Waals surface area contributed by atoms with E-state index in [1.807, 2.05) is 22.7 Å². The molecule has 134 valence electrons. The zero-order valence-corrected chi connectivity index (χ0v) is 16.0. The molecule has 0 bridgehead atoms. The minimum Gasteiger partial charge on any atom is -0.478 e. The van der Waals surface area contributed by atoms with E-state index in [1.165, 1.54) is 0 Å². The molecule has 0 aliphatic rings. The van der Waals surface area contributed by atoms with Gasteiger partial charge in [-0.05, 0) is 46.6 Å². The summed E-state index contributed by atoms with van der Waals surface area (Å²) in [6.45, 7) is 2.34. The molecule has 0 aliphatic carbocycles. The van der Waals surface area contributed by atoms with Crippen molar-refractivity contribution < 1.29 is 14.6 Å².